The Morgan fingerprint density at radius 2 is 1.85 bits per heavy atom. The number of nitrogens with one attached hydrogen (secondary N) is 1. The van der Waals surface area contributed by atoms with E-state index in [0.717, 1.165) is 0 Å². The number of anilines is 1. The number of amides is 2. The number of nitrogens with zero attached hydrogens (tertiary/aromatic N) is 1. The lowest BCUT2D eigenvalue weighted by molar-refractivity contribution is -0.117. The van der Waals surface area contributed by atoms with Gasteiger partial charge in [0.25, 0.3) is 5.91 Å². The number of hydrogen-bond donors (Lipinski definition) is 1. The highest BCUT2D eigenvalue weighted by molar-refractivity contribution is 5.96. The van der Waals surface area contributed by atoms with E-state index in [1.165, 1.54) is 26.4 Å². The summed E-state index contributed by atoms with van der Waals surface area (Å²) >= 11 is 0. The second-order valence-electron chi connectivity index (χ2n) is 6.33. The van der Waals surface area contributed by atoms with Crippen LogP contribution in [0.2, 0.25) is 0 Å². The molecule has 0 bridgehead atoms. The Morgan fingerprint density at radius 3 is 2.52 bits per heavy atom. The maximum Gasteiger partial charge on any atom is 0.251 e. The highest BCUT2D eigenvalue weighted by atomic mass is 19.1. The summed E-state index contributed by atoms with van der Waals surface area (Å²) < 4.78 is 23.4. The van der Waals surface area contributed by atoms with Gasteiger partial charge in [0.05, 0.1) is 14.2 Å². The number of methoxy groups -OCH3 is 2. The van der Waals surface area contributed by atoms with Crippen LogP contribution in [-0.2, 0) is 4.79 Å². The molecule has 1 N–H and O–H groups in total. The van der Waals surface area contributed by atoms with E-state index >= 15 is 0 Å². The van der Waals surface area contributed by atoms with Crippen LogP contribution >= 0.6 is 0 Å². The molecule has 2 aromatic rings. The van der Waals surface area contributed by atoms with Crippen LogP contribution in [0.5, 0.6) is 11.5 Å². The summed E-state index contributed by atoms with van der Waals surface area (Å²) in [5.41, 5.74) is 1.11. The van der Waals surface area contributed by atoms with Crippen molar-refractivity contribution in [2.24, 2.45) is 5.92 Å². The molecule has 0 aromatic heterocycles. The molecular formula is C20H21FN2O4. The van der Waals surface area contributed by atoms with Gasteiger partial charge < -0.3 is 19.7 Å². The smallest absolute Gasteiger partial charge is 0.251 e. The zero-order chi connectivity index (χ0) is 19.4. The maximum atomic E-state index is 13.1. The van der Waals surface area contributed by atoms with Gasteiger partial charge in [-0.25, -0.2) is 4.39 Å². The minimum absolute atomic E-state index is 0.00773. The fourth-order valence-electron chi connectivity index (χ4n) is 3.11. The standard InChI is InChI=1S/C20H21FN2O4/c1-26-17-8-3-14(10-18(17)27-2)20(25)22-11-13-9-19(24)23(12-13)16-6-4-15(21)5-7-16/h3-8,10,13H,9,11-12H2,1-2H3,(H,22,25). The van der Waals surface area contributed by atoms with Gasteiger partial charge in [-0.15, -0.1) is 0 Å². The molecule has 0 saturated carbocycles. The van der Waals surface area contributed by atoms with Crippen LogP contribution in [0.1, 0.15) is 16.8 Å². The lowest BCUT2D eigenvalue weighted by atomic mass is 10.1. The van der Waals surface area contributed by atoms with E-state index in [1.54, 1.807) is 35.2 Å². The average molecular weight is 372 g/mol. The lowest BCUT2D eigenvalue weighted by Gasteiger charge is -2.17. The molecule has 6 nitrogen and oxygen atoms in total. The number of hydrogen-bond acceptors (Lipinski definition) is 4. The Labute approximate surface area is 156 Å². The fourth-order valence-corrected chi connectivity index (χ4v) is 3.11. The summed E-state index contributed by atoms with van der Waals surface area (Å²) in [5.74, 6) is 0.389. The summed E-state index contributed by atoms with van der Waals surface area (Å²) in [6.07, 6.45) is 0.337. The molecule has 1 heterocycles. The van der Waals surface area contributed by atoms with Crippen LogP contribution in [0.15, 0.2) is 42.5 Å². The predicted octanol–water partition coefficient (Wildman–Crippen LogP) is 2.63. The first kappa shape index (κ1) is 18.7. The van der Waals surface area contributed by atoms with E-state index in [2.05, 4.69) is 5.32 Å². The van der Waals surface area contributed by atoms with Crippen LogP contribution < -0.4 is 19.7 Å². The van der Waals surface area contributed by atoms with E-state index in [4.69, 9.17) is 9.47 Å². The quantitative estimate of drug-likeness (QED) is 0.847. The van der Waals surface area contributed by atoms with E-state index in [9.17, 15) is 14.0 Å². The molecule has 3 rings (SSSR count). The second-order valence-corrected chi connectivity index (χ2v) is 6.33. The van der Waals surface area contributed by atoms with Crippen molar-refractivity contribution in [3.8, 4) is 11.5 Å². The zero-order valence-electron chi connectivity index (χ0n) is 15.2. The van der Waals surface area contributed by atoms with Gasteiger partial charge in [0.2, 0.25) is 5.91 Å². The number of carbonyl (C=O) groups excluding carboxylic acids is 2. The van der Waals surface area contributed by atoms with Gasteiger partial charge in [-0.2, -0.15) is 0 Å². The van der Waals surface area contributed by atoms with E-state index in [1.807, 2.05) is 0 Å². The van der Waals surface area contributed by atoms with E-state index in [-0.39, 0.29) is 23.5 Å². The number of benzene rings is 2. The van der Waals surface area contributed by atoms with Gasteiger partial charge >= 0.3 is 0 Å². The maximum absolute atomic E-state index is 13.1. The van der Waals surface area contributed by atoms with Crippen molar-refractivity contribution in [2.45, 2.75) is 6.42 Å². The van der Waals surface area contributed by atoms with Gasteiger partial charge in [-0.1, -0.05) is 0 Å². The average Bonchev–Trinajstić information content (AvgIpc) is 3.06. The molecule has 0 spiro atoms. The highest BCUT2D eigenvalue weighted by Gasteiger charge is 2.30. The van der Waals surface area contributed by atoms with Crippen molar-refractivity contribution in [1.29, 1.82) is 0 Å². The third kappa shape index (κ3) is 4.19. The molecule has 7 heteroatoms. The van der Waals surface area contributed by atoms with Crippen molar-refractivity contribution in [3.05, 3.63) is 53.8 Å². The summed E-state index contributed by atoms with van der Waals surface area (Å²) in [7, 11) is 3.04. The van der Waals surface area contributed by atoms with Crippen LogP contribution in [0, 0.1) is 11.7 Å². The largest absolute Gasteiger partial charge is 0.493 e. The molecule has 1 unspecified atom stereocenters. The summed E-state index contributed by atoms with van der Waals surface area (Å²) in [5, 5.41) is 2.86. The number of carbonyl (C=O) groups is 2. The zero-order valence-corrected chi connectivity index (χ0v) is 15.2. The van der Waals surface area contributed by atoms with Gasteiger partial charge in [0, 0.05) is 36.7 Å². The monoisotopic (exact) mass is 372 g/mol. The Bertz CT molecular complexity index is 838. The molecule has 0 aliphatic carbocycles. The lowest BCUT2D eigenvalue weighted by Crippen LogP contribution is -2.31. The van der Waals surface area contributed by atoms with Crippen LogP contribution in [0.3, 0.4) is 0 Å². The first-order chi connectivity index (χ1) is 13.0. The first-order valence-electron chi connectivity index (χ1n) is 8.58. The predicted molar refractivity (Wildman–Crippen MR) is 98.7 cm³/mol. The minimum Gasteiger partial charge on any atom is -0.493 e. The van der Waals surface area contributed by atoms with E-state index < -0.39 is 0 Å². The van der Waals surface area contributed by atoms with Crippen LogP contribution in [0.25, 0.3) is 0 Å². The third-order valence-electron chi connectivity index (χ3n) is 4.54. The summed E-state index contributed by atoms with van der Waals surface area (Å²) in [6.45, 7) is 0.854. The van der Waals surface area contributed by atoms with Crippen molar-refractivity contribution in [3.63, 3.8) is 0 Å². The molecule has 27 heavy (non-hydrogen) atoms. The van der Waals surface area contributed by atoms with Gasteiger partial charge in [-0.3, -0.25) is 9.59 Å². The Kier molecular flexibility index (Phi) is 5.59. The molecule has 1 aliphatic heterocycles. The van der Waals surface area contributed by atoms with Gasteiger partial charge in [0.15, 0.2) is 11.5 Å². The third-order valence-corrected chi connectivity index (χ3v) is 4.54. The molecular weight excluding hydrogens is 351 g/mol. The van der Waals surface area contributed by atoms with Crippen LogP contribution in [-0.4, -0.2) is 39.1 Å². The molecule has 142 valence electrons. The summed E-state index contributed by atoms with van der Waals surface area (Å²) in [4.78, 5) is 26.2. The minimum atomic E-state index is -0.343. The van der Waals surface area contributed by atoms with Crippen molar-refractivity contribution in [1.82, 2.24) is 5.32 Å². The first-order valence-corrected chi connectivity index (χ1v) is 8.58. The van der Waals surface area contributed by atoms with Crippen LogP contribution in [0.4, 0.5) is 10.1 Å². The van der Waals surface area contributed by atoms with Crippen molar-refractivity contribution < 1.29 is 23.5 Å². The van der Waals surface area contributed by atoms with Gasteiger partial charge in [-0.05, 0) is 42.5 Å². The number of ether oxygens (including phenoxy) is 2. The SMILES string of the molecule is COc1ccc(C(=O)NCC2CC(=O)N(c3ccc(F)cc3)C2)cc1OC. The normalized spacial score (nSPS) is 16.3. The number of rotatable bonds is 6. The number of halogens is 1. The van der Waals surface area contributed by atoms with Crippen molar-refractivity contribution >= 4 is 17.5 Å². The molecule has 0 radical (unpaired) electrons. The molecule has 1 aliphatic rings. The Morgan fingerprint density at radius 1 is 1.15 bits per heavy atom. The Balaban J connectivity index is 1.59. The van der Waals surface area contributed by atoms with Crippen molar-refractivity contribution in [2.75, 3.05) is 32.2 Å². The van der Waals surface area contributed by atoms with Gasteiger partial charge in [0.1, 0.15) is 5.82 Å². The molecule has 1 atom stereocenters. The highest BCUT2D eigenvalue weighted by Crippen LogP contribution is 2.28. The fraction of sp³-hybridized carbons (Fsp3) is 0.300. The van der Waals surface area contributed by atoms with E-state index in [0.29, 0.717) is 42.3 Å². The topological polar surface area (TPSA) is 67.9 Å². The molecule has 2 aromatic carbocycles. The molecule has 1 saturated heterocycles. The molecule has 2 amide bonds. The molecule has 1 fully saturated rings. The second kappa shape index (κ2) is 8.07. The summed E-state index contributed by atoms with van der Waals surface area (Å²) in [6, 6.07) is 10.8. The Hall–Kier alpha value is -3.09.